The third-order valence-corrected chi connectivity index (χ3v) is 2.42. The van der Waals surface area contributed by atoms with E-state index in [1.807, 2.05) is 0 Å². The normalized spacial score (nSPS) is 43.4. The minimum Gasteiger partial charge on any atom is -0.396 e. The highest BCUT2D eigenvalue weighted by atomic mass is 16.4. The molecule has 0 unspecified atom stereocenters. The van der Waals surface area contributed by atoms with E-state index in [-0.39, 0.29) is 19.6 Å². The van der Waals surface area contributed by atoms with E-state index in [9.17, 15) is 20.4 Å². The first-order valence-corrected chi connectivity index (χ1v) is 4.57. The second-order valence-electron chi connectivity index (χ2n) is 3.48. The number of aliphatic hydroxyl groups is 5. The van der Waals surface area contributed by atoms with Gasteiger partial charge in [0.25, 0.3) is 0 Å². The van der Waals surface area contributed by atoms with E-state index in [1.165, 1.54) is 0 Å². The van der Waals surface area contributed by atoms with Gasteiger partial charge in [0.2, 0.25) is 0 Å². The summed E-state index contributed by atoms with van der Waals surface area (Å²) in [6.45, 7) is -0.414. The summed E-state index contributed by atoms with van der Waals surface area (Å²) < 4.78 is 7.45. The van der Waals surface area contributed by atoms with Crippen LogP contribution < -0.4 is 5.31 Å². The Kier molecular flexibility index (Phi) is 3.68. The highest BCUT2D eigenvalue weighted by molar-refractivity contribution is 4.95. The fourth-order valence-electron chi connectivity index (χ4n) is 1.53. The third kappa shape index (κ3) is 2.41. The van der Waals surface area contributed by atoms with E-state index in [4.69, 9.17) is 6.52 Å². The molecule has 1 saturated heterocycles. The largest absolute Gasteiger partial charge is 0.396 e. The number of aliphatic hydroxyl groups excluding tert-OH is 5. The number of rotatable bonds is 3. The van der Waals surface area contributed by atoms with E-state index in [0.29, 0.717) is 0 Å². The molecular weight excluding hydrogens is 190 g/mol. The molecule has 0 amide bonds. The zero-order valence-electron chi connectivity index (χ0n) is 8.69. The maximum absolute atomic E-state index is 9.56. The Bertz CT molecular complexity index is 203. The average Bonchev–Trinajstić information content (AvgIpc) is 2.15. The molecule has 0 saturated carbocycles. The van der Waals surface area contributed by atoms with Crippen LogP contribution in [-0.4, -0.2) is 69.1 Å². The van der Waals surface area contributed by atoms with Crippen LogP contribution in [0, 0.1) is 0 Å². The summed E-state index contributed by atoms with van der Waals surface area (Å²) in [7, 11) is 0. The summed E-state index contributed by atoms with van der Waals surface area (Å²) in [5.74, 6) is 0. The lowest BCUT2D eigenvalue weighted by molar-refractivity contribution is -0.114. The van der Waals surface area contributed by atoms with Crippen LogP contribution in [0.1, 0.15) is 6.42 Å². The van der Waals surface area contributed by atoms with Crippen LogP contribution in [0.5, 0.6) is 0 Å². The molecule has 6 nitrogen and oxygen atoms in total. The Morgan fingerprint density at radius 1 is 1.36 bits per heavy atom. The van der Waals surface area contributed by atoms with Crippen molar-refractivity contribution in [3.05, 3.63) is 0 Å². The molecule has 1 fully saturated rings. The van der Waals surface area contributed by atoms with Crippen LogP contribution in [0.25, 0.3) is 0 Å². The van der Waals surface area contributed by atoms with E-state index >= 15 is 0 Å². The number of nitrogens with one attached hydrogen (secondary N) is 1. The van der Waals surface area contributed by atoms with Crippen LogP contribution >= 0.6 is 0 Å². The second kappa shape index (κ2) is 5.01. The molecule has 0 spiro atoms. The van der Waals surface area contributed by atoms with Gasteiger partial charge in [0.15, 0.2) is 0 Å². The van der Waals surface area contributed by atoms with E-state index in [1.54, 1.807) is 0 Å². The van der Waals surface area contributed by atoms with Crippen LogP contribution in [0.4, 0.5) is 0 Å². The fourth-order valence-corrected chi connectivity index (χ4v) is 1.53. The van der Waals surface area contributed by atoms with Crippen molar-refractivity contribution in [3.8, 4) is 0 Å². The lowest BCUT2D eigenvalue weighted by atomic mass is 9.91. The summed E-state index contributed by atoms with van der Waals surface area (Å²) in [5, 5.41) is 47.2. The molecule has 0 radical (unpaired) electrons. The van der Waals surface area contributed by atoms with Gasteiger partial charge in [-0.1, -0.05) is 0 Å². The molecule has 6 N–H and O–H groups in total. The van der Waals surface area contributed by atoms with Crippen molar-refractivity contribution in [3.63, 3.8) is 0 Å². The molecule has 0 bridgehead atoms. The highest BCUT2D eigenvalue weighted by Crippen LogP contribution is 2.14. The van der Waals surface area contributed by atoms with Crippen LogP contribution in [-0.2, 0) is 0 Å². The predicted molar refractivity (Wildman–Crippen MR) is 47.5 cm³/mol. The summed E-state index contributed by atoms with van der Waals surface area (Å²) in [4.78, 5) is 0. The molecule has 5 atom stereocenters. The molecule has 1 aliphatic rings. The van der Waals surface area contributed by atoms with Crippen molar-refractivity contribution in [2.75, 3.05) is 13.2 Å². The molecule has 0 aromatic rings. The smallest absolute Gasteiger partial charge is 0.123 e. The Balaban J connectivity index is 2.69. The zero-order chi connectivity index (χ0) is 11.6. The Morgan fingerprint density at radius 2 is 2.00 bits per heavy atom. The molecule has 6 heteroatoms. The van der Waals surface area contributed by atoms with Gasteiger partial charge >= 0.3 is 0 Å². The number of hydrogen-bond donors (Lipinski definition) is 6. The summed E-state index contributed by atoms with van der Waals surface area (Å²) >= 11 is 0. The van der Waals surface area contributed by atoms with E-state index in [0.717, 1.165) is 5.31 Å². The molecule has 1 rings (SSSR count). The maximum Gasteiger partial charge on any atom is 0.123 e. The van der Waals surface area contributed by atoms with Gasteiger partial charge in [-0.05, 0) is 6.42 Å². The van der Waals surface area contributed by atoms with Gasteiger partial charge in [-0.15, -0.1) is 0 Å². The zero-order valence-corrected chi connectivity index (χ0v) is 7.69. The summed E-state index contributed by atoms with van der Waals surface area (Å²) in [5.41, 5.74) is 0. The van der Waals surface area contributed by atoms with Crippen molar-refractivity contribution in [1.82, 2.24) is 5.31 Å². The van der Waals surface area contributed by atoms with E-state index in [2.05, 4.69) is 0 Å². The molecule has 14 heavy (non-hydrogen) atoms. The maximum atomic E-state index is 9.56. The van der Waals surface area contributed by atoms with Gasteiger partial charge in [0.05, 0.1) is 18.2 Å². The third-order valence-electron chi connectivity index (χ3n) is 2.42. The first-order valence-electron chi connectivity index (χ1n) is 5.02. The Hall–Kier alpha value is -0.240. The quantitative estimate of drug-likeness (QED) is 0.291. The monoisotopic (exact) mass is 208 g/mol. The standard InChI is InChI=1S/C8H17NO5/c10-2-1-4(11)6-8(14)7(13)5(12)3-9-6/h4-14H,1-3H2/t4-,5+,6+,7+,8-/m1/s1/i/hD. The van der Waals surface area contributed by atoms with Crippen LogP contribution in [0.2, 0.25) is 1.41 Å². The van der Waals surface area contributed by atoms with Gasteiger partial charge in [-0.3, -0.25) is 0 Å². The number of β-amino-alcohol motifs (C(OH)–C–C–N with tert-alkyl or cyclic N) is 1. The van der Waals surface area contributed by atoms with Crippen molar-refractivity contribution < 1.29 is 26.9 Å². The fraction of sp³-hybridized carbons (Fsp3) is 1.00. The first-order chi connectivity index (χ1) is 6.99. The second-order valence-corrected chi connectivity index (χ2v) is 3.48. The lowest BCUT2D eigenvalue weighted by Gasteiger charge is -2.38. The van der Waals surface area contributed by atoms with Gasteiger partial charge < -0.3 is 30.8 Å². The molecule has 0 aromatic carbocycles. The number of hydrogen-bond acceptors (Lipinski definition) is 6. The molecule has 0 aliphatic carbocycles. The van der Waals surface area contributed by atoms with Gasteiger partial charge in [-0.25, -0.2) is 0 Å². The van der Waals surface area contributed by atoms with E-state index < -0.39 is 30.5 Å². The summed E-state index contributed by atoms with van der Waals surface area (Å²) in [6.07, 6.45) is -5.06. The average molecular weight is 208 g/mol. The Morgan fingerprint density at radius 3 is 2.57 bits per heavy atom. The first kappa shape index (κ1) is 10.3. The molecular formula is C8H17NO5. The molecule has 0 aromatic heterocycles. The SMILES string of the molecule is [2H]N1C[C@H](O)[C@H](O)[C@H](O)[C@@H]1[C@H](O)CCO. The lowest BCUT2D eigenvalue weighted by Crippen LogP contribution is -2.63. The van der Waals surface area contributed by atoms with Gasteiger partial charge in [0, 0.05) is 13.2 Å². The molecule has 1 aliphatic heterocycles. The van der Waals surface area contributed by atoms with Crippen LogP contribution in [0.3, 0.4) is 0 Å². The topological polar surface area (TPSA) is 113 Å². The summed E-state index contributed by atoms with van der Waals surface area (Å²) in [6, 6.07) is -0.990. The van der Waals surface area contributed by atoms with Crippen molar-refractivity contribution >= 4 is 0 Å². The van der Waals surface area contributed by atoms with Crippen molar-refractivity contribution in [1.29, 1.82) is 0 Å². The Labute approximate surface area is 83.3 Å². The van der Waals surface area contributed by atoms with Crippen LogP contribution in [0.15, 0.2) is 0 Å². The highest BCUT2D eigenvalue weighted by Gasteiger charge is 2.39. The van der Waals surface area contributed by atoms with Gasteiger partial charge in [0.1, 0.15) is 13.6 Å². The van der Waals surface area contributed by atoms with Crippen molar-refractivity contribution in [2.24, 2.45) is 0 Å². The predicted octanol–water partition coefficient (Wildman–Crippen LogP) is -3.22. The van der Waals surface area contributed by atoms with Gasteiger partial charge in [-0.2, -0.15) is 0 Å². The minimum absolute atomic E-state index is 0.0138. The van der Waals surface area contributed by atoms with Crippen molar-refractivity contribution in [2.45, 2.75) is 36.9 Å². The minimum atomic E-state index is -1.40. The molecule has 84 valence electrons. The molecule has 1 heterocycles. The number of piperidine rings is 1.